The average molecular weight is 292 g/mol. The maximum Gasteiger partial charge on any atom is 0.243 e. The molecule has 0 radical (unpaired) electrons. The standard InChI is InChI=1S/C15H20N2O2S/c1-4-14-7-5-12(3)17(14)20(18,19)15-8-6-13(10-16)9-11(15)2/h6,8-9,12,14H,4-5,7H2,1-3H3. The van der Waals surface area contributed by atoms with Crippen molar-refractivity contribution in [1.29, 1.82) is 5.26 Å². The first-order valence-corrected chi connectivity index (χ1v) is 8.40. The van der Waals surface area contributed by atoms with Gasteiger partial charge in [0.25, 0.3) is 0 Å². The number of nitriles is 1. The van der Waals surface area contributed by atoms with Gasteiger partial charge in [-0.1, -0.05) is 6.92 Å². The van der Waals surface area contributed by atoms with Gasteiger partial charge in [0.1, 0.15) is 0 Å². The van der Waals surface area contributed by atoms with E-state index >= 15 is 0 Å². The van der Waals surface area contributed by atoms with Crippen molar-refractivity contribution in [3.8, 4) is 6.07 Å². The van der Waals surface area contributed by atoms with Crippen molar-refractivity contribution >= 4 is 10.0 Å². The highest BCUT2D eigenvalue weighted by Crippen LogP contribution is 2.33. The van der Waals surface area contributed by atoms with Crippen LogP contribution < -0.4 is 0 Å². The molecule has 2 unspecified atom stereocenters. The molecule has 1 aliphatic heterocycles. The molecule has 20 heavy (non-hydrogen) atoms. The van der Waals surface area contributed by atoms with Crippen molar-refractivity contribution in [3.05, 3.63) is 29.3 Å². The lowest BCUT2D eigenvalue weighted by atomic mass is 10.2. The van der Waals surface area contributed by atoms with E-state index in [0.717, 1.165) is 19.3 Å². The lowest BCUT2D eigenvalue weighted by molar-refractivity contribution is 0.328. The SMILES string of the molecule is CCC1CCC(C)N1S(=O)(=O)c1ccc(C#N)cc1C. The van der Waals surface area contributed by atoms with Crippen LogP contribution in [0, 0.1) is 18.3 Å². The first-order chi connectivity index (χ1) is 9.41. The van der Waals surface area contributed by atoms with E-state index < -0.39 is 10.0 Å². The molecule has 2 rings (SSSR count). The van der Waals surface area contributed by atoms with E-state index in [0.29, 0.717) is 16.0 Å². The number of nitrogens with zero attached hydrogens (tertiary/aromatic N) is 2. The van der Waals surface area contributed by atoms with Crippen molar-refractivity contribution in [2.75, 3.05) is 0 Å². The third-order valence-corrected chi connectivity index (χ3v) is 6.27. The van der Waals surface area contributed by atoms with Crippen LogP contribution in [0.2, 0.25) is 0 Å². The predicted octanol–water partition coefficient (Wildman–Crippen LogP) is 2.82. The molecule has 0 N–H and O–H groups in total. The molecule has 0 aliphatic carbocycles. The van der Waals surface area contributed by atoms with Crippen LogP contribution in [0.3, 0.4) is 0 Å². The van der Waals surface area contributed by atoms with E-state index in [1.165, 1.54) is 0 Å². The van der Waals surface area contributed by atoms with Crippen LogP contribution >= 0.6 is 0 Å². The van der Waals surface area contributed by atoms with Gasteiger partial charge in [0.15, 0.2) is 0 Å². The first kappa shape index (κ1) is 15.0. The number of hydrogen-bond donors (Lipinski definition) is 0. The minimum absolute atomic E-state index is 0.0417. The van der Waals surface area contributed by atoms with Crippen molar-refractivity contribution in [2.24, 2.45) is 0 Å². The molecule has 0 amide bonds. The van der Waals surface area contributed by atoms with Gasteiger partial charge < -0.3 is 0 Å². The smallest absolute Gasteiger partial charge is 0.207 e. The second-order valence-corrected chi connectivity index (χ2v) is 7.23. The van der Waals surface area contributed by atoms with E-state index in [9.17, 15) is 8.42 Å². The van der Waals surface area contributed by atoms with Gasteiger partial charge in [0, 0.05) is 12.1 Å². The van der Waals surface area contributed by atoms with Crippen molar-refractivity contribution < 1.29 is 8.42 Å². The third-order valence-electron chi connectivity index (χ3n) is 4.04. The Morgan fingerprint density at radius 3 is 2.65 bits per heavy atom. The fourth-order valence-electron chi connectivity index (χ4n) is 2.99. The minimum Gasteiger partial charge on any atom is -0.207 e. The zero-order valence-corrected chi connectivity index (χ0v) is 12.9. The van der Waals surface area contributed by atoms with Crippen molar-refractivity contribution in [2.45, 2.75) is 57.0 Å². The Morgan fingerprint density at radius 2 is 2.10 bits per heavy atom. The van der Waals surface area contributed by atoms with Crippen LogP contribution in [0.1, 0.15) is 44.2 Å². The lowest BCUT2D eigenvalue weighted by Crippen LogP contribution is -2.39. The zero-order valence-electron chi connectivity index (χ0n) is 12.1. The summed E-state index contributed by atoms with van der Waals surface area (Å²) >= 11 is 0. The molecule has 1 heterocycles. The number of hydrogen-bond acceptors (Lipinski definition) is 3. The fourth-order valence-corrected chi connectivity index (χ4v) is 5.15. The summed E-state index contributed by atoms with van der Waals surface area (Å²) in [6, 6.07) is 6.93. The number of benzene rings is 1. The Kier molecular flexibility index (Phi) is 4.17. The molecule has 0 spiro atoms. The van der Waals surface area contributed by atoms with Gasteiger partial charge in [-0.3, -0.25) is 0 Å². The van der Waals surface area contributed by atoms with Crippen molar-refractivity contribution in [1.82, 2.24) is 4.31 Å². The Hall–Kier alpha value is -1.38. The van der Waals surface area contributed by atoms with Gasteiger partial charge >= 0.3 is 0 Å². The van der Waals surface area contributed by atoms with Crippen LogP contribution in [-0.2, 0) is 10.0 Å². The molecule has 0 saturated carbocycles. The summed E-state index contributed by atoms with van der Waals surface area (Å²) in [5, 5.41) is 8.88. The number of rotatable bonds is 3. The first-order valence-electron chi connectivity index (χ1n) is 6.96. The van der Waals surface area contributed by atoms with Crippen LogP contribution in [0.4, 0.5) is 0 Å². The Bertz CT molecular complexity index is 646. The average Bonchev–Trinajstić information content (AvgIpc) is 2.80. The second kappa shape index (κ2) is 5.55. The van der Waals surface area contributed by atoms with Crippen LogP contribution in [0.5, 0.6) is 0 Å². The van der Waals surface area contributed by atoms with E-state index in [4.69, 9.17) is 5.26 Å². The van der Waals surface area contributed by atoms with Gasteiger partial charge in [-0.15, -0.1) is 0 Å². The molecule has 2 atom stereocenters. The Morgan fingerprint density at radius 1 is 1.40 bits per heavy atom. The van der Waals surface area contributed by atoms with E-state index in [-0.39, 0.29) is 12.1 Å². The van der Waals surface area contributed by atoms with Gasteiger partial charge in [-0.05, 0) is 56.9 Å². The van der Waals surface area contributed by atoms with E-state index in [2.05, 4.69) is 0 Å². The summed E-state index contributed by atoms with van der Waals surface area (Å²) in [5.41, 5.74) is 1.13. The molecule has 1 aliphatic rings. The summed E-state index contributed by atoms with van der Waals surface area (Å²) in [6.07, 6.45) is 2.66. The lowest BCUT2D eigenvalue weighted by Gasteiger charge is -2.27. The minimum atomic E-state index is -3.48. The highest BCUT2D eigenvalue weighted by atomic mass is 32.2. The summed E-state index contributed by atoms with van der Waals surface area (Å²) in [7, 11) is -3.48. The molecule has 0 bridgehead atoms. The topological polar surface area (TPSA) is 61.2 Å². The van der Waals surface area contributed by atoms with Gasteiger partial charge in [0.2, 0.25) is 10.0 Å². The fraction of sp³-hybridized carbons (Fsp3) is 0.533. The Labute approximate surface area is 121 Å². The maximum absolute atomic E-state index is 12.9. The molecule has 108 valence electrons. The van der Waals surface area contributed by atoms with Crippen LogP contribution in [0.25, 0.3) is 0 Å². The number of sulfonamides is 1. The van der Waals surface area contributed by atoms with Crippen LogP contribution in [-0.4, -0.2) is 24.8 Å². The summed E-state index contributed by atoms with van der Waals surface area (Å²) in [6.45, 7) is 5.73. The molecule has 1 fully saturated rings. The zero-order chi connectivity index (χ0) is 14.9. The van der Waals surface area contributed by atoms with Crippen LogP contribution in [0.15, 0.2) is 23.1 Å². The predicted molar refractivity (Wildman–Crippen MR) is 77.7 cm³/mol. The van der Waals surface area contributed by atoms with Gasteiger partial charge in [-0.2, -0.15) is 9.57 Å². The largest absolute Gasteiger partial charge is 0.243 e. The quantitative estimate of drug-likeness (QED) is 0.860. The van der Waals surface area contributed by atoms with Crippen molar-refractivity contribution in [3.63, 3.8) is 0 Å². The summed E-state index contributed by atoms with van der Waals surface area (Å²) < 4.78 is 27.4. The molecule has 5 heteroatoms. The molecule has 1 saturated heterocycles. The monoisotopic (exact) mass is 292 g/mol. The van der Waals surface area contributed by atoms with E-state index in [1.54, 1.807) is 29.4 Å². The number of aryl methyl sites for hydroxylation is 1. The molecule has 4 nitrogen and oxygen atoms in total. The molecule has 0 aromatic heterocycles. The Balaban J connectivity index is 2.48. The normalized spacial score (nSPS) is 23.7. The molecule has 1 aromatic carbocycles. The maximum atomic E-state index is 12.9. The highest BCUT2D eigenvalue weighted by Gasteiger charge is 2.39. The molecular formula is C15H20N2O2S. The molecule has 1 aromatic rings. The second-order valence-electron chi connectivity index (χ2n) is 5.42. The van der Waals surface area contributed by atoms with Gasteiger partial charge in [-0.25, -0.2) is 8.42 Å². The third kappa shape index (κ3) is 2.46. The summed E-state index contributed by atoms with van der Waals surface area (Å²) in [5.74, 6) is 0. The molecular weight excluding hydrogens is 272 g/mol. The van der Waals surface area contributed by atoms with E-state index in [1.807, 2.05) is 19.9 Å². The van der Waals surface area contributed by atoms with Gasteiger partial charge in [0.05, 0.1) is 16.5 Å². The highest BCUT2D eigenvalue weighted by molar-refractivity contribution is 7.89. The summed E-state index contributed by atoms with van der Waals surface area (Å²) in [4.78, 5) is 0.323.